The number of aromatic amines is 1. The van der Waals surface area contributed by atoms with E-state index >= 15 is 0 Å². The number of rotatable bonds is 3. The lowest BCUT2D eigenvalue weighted by Crippen LogP contribution is -2.33. The predicted molar refractivity (Wildman–Crippen MR) is 92.0 cm³/mol. The van der Waals surface area contributed by atoms with Crippen LogP contribution in [0.4, 0.5) is 0 Å². The quantitative estimate of drug-likeness (QED) is 0.769. The lowest BCUT2D eigenvalue weighted by Gasteiger charge is -2.18. The van der Waals surface area contributed by atoms with Crippen molar-refractivity contribution in [3.63, 3.8) is 0 Å². The number of H-pyrrole nitrogens is 1. The number of nitrogens with zero attached hydrogens (tertiary/aromatic N) is 2. The maximum Gasteiger partial charge on any atom is 0.289 e. The Kier molecular flexibility index (Phi) is 4.11. The molecule has 0 bridgehead atoms. The molecule has 1 aliphatic rings. The molecule has 3 heterocycles. The van der Waals surface area contributed by atoms with Crippen molar-refractivity contribution in [2.75, 3.05) is 13.1 Å². The van der Waals surface area contributed by atoms with E-state index in [-0.39, 0.29) is 18.3 Å². The van der Waals surface area contributed by atoms with E-state index in [1.807, 2.05) is 30.3 Å². The van der Waals surface area contributed by atoms with E-state index < -0.39 is 0 Å². The molecule has 6 nitrogen and oxygen atoms in total. The van der Waals surface area contributed by atoms with Gasteiger partial charge in [-0.1, -0.05) is 30.3 Å². The number of benzene rings is 1. The van der Waals surface area contributed by atoms with Crippen molar-refractivity contribution in [1.29, 1.82) is 0 Å². The van der Waals surface area contributed by atoms with Crippen LogP contribution >= 0.6 is 0 Å². The van der Waals surface area contributed by atoms with Gasteiger partial charge in [-0.25, -0.2) is 0 Å². The maximum atomic E-state index is 12.6. The highest BCUT2D eigenvalue weighted by molar-refractivity contribution is 5.91. The first kappa shape index (κ1) is 15.7. The Morgan fingerprint density at radius 2 is 1.96 bits per heavy atom. The van der Waals surface area contributed by atoms with Crippen molar-refractivity contribution in [3.05, 3.63) is 65.2 Å². The molecule has 0 fully saturated rings. The van der Waals surface area contributed by atoms with Crippen molar-refractivity contribution >= 4 is 5.91 Å². The molecule has 2 N–H and O–H groups in total. The first-order valence-electron chi connectivity index (χ1n) is 8.36. The van der Waals surface area contributed by atoms with Crippen LogP contribution in [0, 0.1) is 0 Å². The number of aliphatic hydroxyl groups excluding tert-OH is 1. The average molecular weight is 337 g/mol. The first-order valence-corrected chi connectivity index (χ1v) is 8.36. The zero-order valence-electron chi connectivity index (χ0n) is 13.7. The summed E-state index contributed by atoms with van der Waals surface area (Å²) in [5, 5.41) is 16.7. The van der Waals surface area contributed by atoms with Crippen LogP contribution in [0.5, 0.6) is 0 Å². The minimum Gasteiger partial charge on any atom is -0.453 e. The third-order valence-electron chi connectivity index (χ3n) is 4.58. The van der Waals surface area contributed by atoms with Crippen LogP contribution in [0.1, 0.15) is 27.6 Å². The number of nitrogens with one attached hydrogen (secondary N) is 1. The molecule has 2 aromatic heterocycles. The van der Waals surface area contributed by atoms with Gasteiger partial charge in [0.15, 0.2) is 5.76 Å². The van der Waals surface area contributed by atoms with Crippen molar-refractivity contribution in [2.24, 2.45) is 0 Å². The van der Waals surface area contributed by atoms with Gasteiger partial charge in [-0.3, -0.25) is 9.89 Å². The molecule has 4 rings (SSSR count). The largest absolute Gasteiger partial charge is 0.453 e. The Bertz CT molecular complexity index is 882. The van der Waals surface area contributed by atoms with Gasteiger partial charge in [-0.2, -0.15) is 5.10 Å². The Labute approximate surface area is 145 Å². The van der Waals surface area contributed by atoms with E-state index in [0.717, 1.165) is 29.8 Å². The highest BCUT2D eigenvalue weighted by Gasteiger charge is 2.25. The lowest BCUT2D eigenvalue weighted by atomic mass is 10.0. The summed E-state index contributed by atoms with van der Waals surface area (Å²) >= 11 is 0. The van der Waals surface area contributed by atoms with Crippen LogP contribution in [-0.4, -0.2) is 39.2 Å². The number of hydrogen-bond donors (Lipinski definition) is 2. The van der Waals surface area contributed by atoms with E-state index in [1.165, 1.54) is 5.56 Å². The highest BCUT2D eigenvalue weighted by Crippen LogP contribution is 2.27. The van der Waals surface area contributed by atoms with Gasteiger partial charge in [0.05, 0.1) is 5.69 Å². The van der Waals surface area contributed by atoms with Crippen LogP contribution in [-0.2, 0) is 19.4 Å². The van der Waals surface area contributed by atoms with Crippen molar-refractivity contribution in [2.45, 2.75) is 19.4 Å². The standard InChI is InChI=1S/C19H19N3O3/c23-12-14-6-7-17(25-14)19(24)22-10-8-15-16(9-11-22)20-21-18(15)13-4-2-1-3-5-13/h1-7,23H,8-12H2,(H,20,21). The molecule has 128 valence electrons. The van der Waals surface area contributed by atoms with Gasteiger partial charge in [-0.05, 0) is 18.6 Å². The number of furan rings is 1. The van der Waals surface area contributed by atoms with Gasteiger partial charge in [0.25, 0.3) is 5.91 Å². The van der Waals surface area contributed by atoms with Crippen LogP contribution in [0.3, 0.4) is 0 Å². The summed E-state index contributed by atoms with van der Waals surface area (Å²) in [6.07, 6.45) is 1.48. The van der Waals surface area contributed by atoms with Gasteiger partial charge in [0.2, 0.25) is 0 Å². The number of aliphatic hydroxyl groups is 1. The number of carbonyl (C=O) groups excluding carboxylic acids is 1. The molecule has 0 saturated heterocycles. The van der Waals surface area contributed by atoms with Gasteiger partial charge < -0.3 is 14.4 Å². The Morgan fingerprint density at radius 3 is 2.72 bits per heavy atom. The Hall–Kier alpha value is -2.86. The van der Waals surface area contributed by atoms with Crippen molar-refractivity contribution in [1.82, 2.24) is 15.1 Å². The molecule has 0 aliphatic carbocycles. The minimum atomic E-state index is -0.204. The second kappa shape index (κ2) is 6.57. The lowest BCUT2D eigenvalue weighted by molar-refractivity contribution is 0.0726. The summed E-state index contributed by atoms with van der Waals surface area (Å²) in [5.41, 5.74) is 4.31. The molecule has 0 saturated carbocycles. The van der Waals surface area contributed by atoms with E-state index in [0.29, 0.717) is 18.8 Å². The smallest absolute Gasteiger partial charge is 0.289 e. The Balaban J connectivity index is 1.54. The molecule has 0 atom stereocenters. The predicted octanol–water partition coefficient (Wildman–Crippen LogP) is 2.40. The molecule has 0 radical (unpaired) electrons. The van der Waals surface area contributed by atoms with Crippen molar-refractivity contribution in [3.8, 4) is 11.3 Å². The third-order valence-corrected chi connectivity index (χ3v) is 4.58. The molecule has 0 unspecified atom stereocenters. The van der Waals surface area contributed by atoms with Gasteiger partial charge in [-0.15, -0.1) is 0 Å². The fourth-order valence-corrected chi connectivity index (χ4v) is 3.25. The zero-order chi connectivity index (χ0) is 17.2. The SMILES string of the molecule is O=C(c1ccc(CO)o1)N1CCc2[nH]nc(-c3ccccc3)c2CC1. The molecule has 6 heteroatoms. The van der Waals surface area contributed by atoms with Gasteiger partial charge in [0, 0.05) is 36.3 Å². The second-order valence-electron chi connectivity index (χ2n) is 6.11. The Morgan fingerprint density at radius 1 is 1.16 bits per heavy atom. The van der Waals surface area contributed by atoms with Crippen LogP contribution < -0.4 is 0 Å². The van der Waals surface area contributed by atoms with E-state index in [4.69, 9.17) is 9.52 Å². The van der Waals surface area contributed by atoms with Crippen molar-refractivity contribution < 1.29 is 14.3 Å². The first-order chi connectivity index (χ1) is 12.3. The summed E-state index contributed by atoms with van der Waals surface area (Å²) in [6, 6.07) is 13.3. The molecular formula is C19H19N3O3. The molecule has 1 aliphatic heterocycles. The molecule has 25 heavy (non-hydrogen) atoms. The van der Waals surface area contributed by atoms with E-state index in [2.05, 4.69) is 10.2 Å². The molecule has 0 spiro atoms. The summed E-state index contributed by atoms with van der Waals surface area (Å²) in [4.78, 5) is 14.4. The topological polar surface area (TPSA) is 82.4 Å². The monoisotopic (exact) mass is 337 g/mol. The van der Waals surface area contributed by atoms with E-state index in [9.17, 15) is 4.79 Å². The number of amides is 1. The fraction of sp³-hybridized carbons (Fsp3) is 0.263. The number of aromatic nitrogens is 2. The summed E-state index contributed by atoms with van der Waals surface area (Å²) < 4.78 is 5.38. The van der Waals surface area contributed by atoms with Crippen LogP contribution in [0.2, 0.25) is 0 Å². The molecule has 3 aromatic rings. The normalized spacial score (nSPS) is 14.2. The van der Waals surface area contributed by atoms with E-state index in [1.54, 1.807) is 17.0 Å². The van der Waals surface area contributed by atoms with Gasteiger partial charge >= 0.3 is 0 Å². The summed E-state index contributed by atoms with van der Waals surface area (Å²) in [6.45, 7) is 1.02. The molecule has 1 aromatic carbocycles. The highest BCUT2D eigenvalue weighted by atomic mass is 16.4. The average Bonchev–Trinajstić information content (AvgIpc) is 3.24. The second-order valence-corrected chi connectivity index (χ2v) is 6.11. The fourth-order valence-electron chi connectivity index (χ4n) is 3.25. The number of fused-ring (bicyclic) bond motifs is 1. The summed E-state index contributed by atoms with van der Waals surface area (Å²) in [5.74, 6) is 0.536. The van der Waals surface area contributed by atoms with Crippen LogP contribution in [0.15, 0.2) is 46.9 Å². The van der Waals surface area contributed by atoms with Gasteiger partial charge in [0.1, 0.15) is 12.4 Å². The maximum absolute atomic E-state index is 12.6. The summed E-state index contributed by atoms with van der Waals surface area (Å²) in [7, 11) is 0. The molecular weight excluding hydrogens is 318 g/mol. The van der Waals surface area contributed by atoms with Crippen LogP contribution in [0.25, 0.3) is 11.3 Å². The number of carbonyl (C=O) groups is 1. The number of hydrogen-bond acceptors (Lipinski definition) is 4. The zero-order valence-corrected chi connectivity index (χ0v) is 13.7. The minimum absolute atomic E-state index is 0.140. The third kappa shape index (κ3) is 2.96. The molecule has 1 amide bonds.